The van der Waals surface area contributed by atoms with Gasteiger partial charge < -0.3 is 10.1 Å². The number of ether oxygens (including phenoxy) is 1. The van der Waals surface area contributed by atoms with Gasteiger partial charge in [-0.15, -0.1) is 11.3 Å². The Kier molecular flexibility index (Phi) is 2.84. The van der Waals surface area contributed by atoms with Crippen molar-refractivity contribution in [3.63, 3.8) is 0 Å². The van der Waals surface area contributed by atoms with Crippen LogP contribution < -0.4 is 10.1 Å². The summed E-state index contributed by atoms with van der Waals surface area (Å²) in [6, 6.07) is 8.19. The molecule has 1 aromatic carbocycles. The number of aryl methyl sites for hydroxylation is 1. The number of nitrogens with one attached hydrogen (secondary N) is 1. The van der Waals surface area contributed by atoms with Crippen LogP contribution in [0, 0.1) is 6.92 Å². The Hall–Kier alpha value is -1.00. The van der Waals surface area contributed by atoms with Gasteiger partial charge in [0.05, 0.1) is 12.2 Å². The number of benzene rings is 1. The predicted octanol–water partition coefficient (Wildman–Crippen LogP) is 4.36. The average molecular weight is 310 g/mol. The molecule has 0 saturated heterocycles. The third-order valence-corrected chi connectivity index (χ3v) is 4.49. The van der Waals surface area contributed by atoms with E-state index in [0.29, 0.717) is 0 Å². The molecule has 1 unspecified atom stereocenters. The summed E-state index contributed by atoms with van der Waals surface area (Å²) in [5.74, 6) is 0.928. The van der Waals surface area contributed by atoms with E-state index in [2.05, 4.69) is 39.6 Å². The Morgan fingerprint density at radius 3 is 3.06 bits per heavy atom. The summed E-state index contributed by atoms with van der Waals surface area (Å²) in [5, 5.41) is 5.54. The van der Waals surface area contributed by atoms with Crippen LogP contribution in [0.15, 0.2) is 34.1 Å². The molecule has 2 nitrogen and oxygen atoms in total. The van der Waals surface area contributed by atoms with Crippen molar-refractivity contribution >= 4 is 33.0 Å². The lowest BCUT2D eigenvalue weighted by molar-refractivity contribution is 0.213. The van der Waals surface area contributed by atoms with Crippen molar-refractivity contribution in [1.29, 1.82) is 0 Å². The molecular formula is C13H12BrNOS. The summed E-state index contributed by atoms with van der Waals surface area (Å²) >= 11 is 5.22. The van der Waals surface area contributed by atoms with Gasteiger partial charge in [0, 0.05) is 9.35 Å². The molecule has 1 atom stereocenters. The molecule has 0 radical (unpaired) electrons. The third kappa shape index (κ3) is 2.07. The third-order valence-electron chi connectivity index (χ3n) is 2.88. The molecule has 1 aliphatic heterocycles. The Bertz CT molecular complexity index is 552. The second kappa shape index (κ2) is 4.35. The first-order valence-corrected chi connectivity index (χ1v) is 7.15. The van der Waals surface area contributed by atoms with Gasteiger partial charge in [0.1, 0.15) is 5.75 Å². The normalized spacial score (nSPS) is 18.1. The fourth-order valence-corrected chi connectivity index (χ4v) is 3.32. The second-order valence-corrected chi connectivity index (χ2v) is 5.96. The molecule has 0 fully saturated rings. The fraction of sp³-hybridized carbons (Fsp3) is 0.231. The highest BCUT2D eigenvalue weighted by atomic mass is 79.9. The van der Waals surface area contributed by atoms with Crippen molar-refractivity contribution in [1.82, 2.24) is 0 Å². The van der Waals surface area contributed by atoms with Gasteiger partial charge in [0.2, 0.25) is 0 Å². The van der Waals surface area contributed by atoms with Gasteiger partial charge in [-0.2, -0.15) is 0 Å². The Morgan fingerprint density at radius 1 is 1.41 bits per heavy atom. The van der Waals surface area contributed by atoms with Crippen molar-refractivity contribution in [3.05, 3.63) is 44.6 Å². The van der Waals surface area contributed by atoms with Crippen LogP contribution in [0.4, 0.5) is 5.69 Å². The first-order chi connectivity index (χ1) is 8.24. The molecule has 2 aromatic rings. The highest BCUT2D eigenvalue weighted by Gasteiger charge is 2.23. The molecule has 4 heteroatoms. The van der Waals surface area contributed by atoms with Crippen LogP contribution in [0.3, 0.4) is 0 Å². The van der Waals surface area contributed by atoms with Crippen molar-refractivity contribution < 1.29 is 4.74 Å². The molecule has 1 aliphatic rings. The predicted molar refractivity (Wildman–Crippen MR) is 75.1 cm³/mol. The van der Waals surface area contributed by atoms with Crippen LogP contribution in [-0.2, 0) is 0 Å². The lowest BCUT2D eigenvalue weighted by Crippen LogP contribution is -2.23. The van der Waals surface area contributed by atoms with E-state index < -0.39 is 0 Å². The van der Waals surface area contributed by atoms with Crippen molar-refractivity contribution in [2.24, 2.45) is 0 Å². The highest BCUT2D eigenvalue weighted by molar-refractivity contribution is 9.10. The van der Waals surface area contributed by atoms with Gasteiger partial charge >= 0.3 is 0 Å². The molecule has 0 bridgehead atoms. The zero-order chi connectivity index (χ0) is 11.8. The first kappa shape index (κ1) is 11.1. The molecule has 3 rings (SSSR count). The standard InChI is InChI=1S/C13H12BrNOS/c1-8-4-5-17-13(8)12-7-15-10-6-9(14)2-3-11(10)16-12/h2-6,12,15H,7H2,1H3. The van der Waals surface area contributed by atoms with Crippen LogP contribution in [-0.4, -0.2) is 6.54 Å². The Balaban J connectivity index is 1.91. The summed E-state index contributed by atoms with van der Waals surface area (Å²) in [4.78, 5) is 1.31. The largest absolute Gasteiger partial charge is 0.481 e. The lowest BCUT2D eigenvalue weighted by Gasteiger charge is -2.27. The van der Waals surface area contributed by atoms with Gasteiger partial charge in [-0.1, -0.05) is 15.9 Å². The topological polar surface area (TPSA) is 21.3 Å². The molecule has 1 N–H and O–H groups in total. The van der Waals surface area contributed by atoms with E-state index in [1.165, 1.54) is 10.4 Å². The van der Waals surface area contributed by atoms with E-state index in [1.54, 1.807) is 11.3 Å². The smallest absolute Gasteiger partial charge is 0.150 e. The number of thiophene rings is 1. The van der Waals surface area contributed by atoms with Crippen LogP contribution >= 0.6 is 27.3 Å². The van der Waals surface area contributed by atoms with E-state index in [4.69, 9.17) is 4.74 Å². The van der Waals surface area contributed by atoms with Gasteiger partial charge in [-0.3, -0.25) is 0 Å². The number of fused-ring (bicyclic) bond motifs is 1. The minimum Gasteiger partial charge on any atom is -0.481 e. The maximum Gasteiger partial charge on any atom is 0.150 e. The van der Waals surface area contributed by atoms with Crippen molar-refractivity contribution in [2.45, 2.75) is 13.0 Å². The van der Waals surface area contributed by atoms with Gasteiger partial charge in [-0.05, 0) is 42.1 Å². The van der Waals surface area contributed by atoms with Gasteiger partial charge in [0.25, 0.3) is 0 Å². The quantitative estimate of drug-likeness (QED) is 0.845. The second-order valence-electron chi connectivity index (χ2n) is 4.10. The number of rotatable bonds is 1. The molecular weight excluding hydrogens is 298 g/mol. The number of anilines is 1. The lowest BCUT2D eigenvalue weighted by atomic mass is 10.1. The summed E-state index contributed by atoms with van der Waals surface area (Å²) in [6.07, 6.45) is 0.128. The maximum absolute atomic E-state index is 6.04. The van der Waals surface area contributed by atoms with Gasteiger partial charge in [-0.25, -0.2) is 0 Å². The fourth-order valence-electron chi connectivity index (χ4n) is 2.00. The van der Waals surface area contributed by atoms with Gasteiger partial charge in [0.15, 0.2) is 6.10 Å². The van der Waals surface area contributed by atoms with Crippen molar-refractivity contribution in [2.75, 3.05) is 11.9 Å². The number of hydrogen-bond acceptors (Lipinski definition) is 3. The molecule has 0 saturated carbocycles. The minimum atomic E-state index is 0.128. The average Bonchev–Trinajstić information content (AvgIpc) is 2.75. The van der Waals surface area contributed by atoms with Crippen LogP contribution in [0.1, 0.15) is 16.5 Å². The molecule has 2 heterocycles. The summed E-state index contributed by atoms with van der Waals surface area (Å²) in [6.45, 7) is 2.96. The van der Waals surface area contributed by atoms with Crippen molar-refractivity contribution in [3.8, 4) is 5.75 Å². The van der Waals surface area contributed by atoms with Crippen LogP contribution in [0.25, 0.3) is 0 Å². The van der Waals surface area contributed by atoms with E-state index in [-0.39, 0.29) is 6.10 Å². The summed E-state index contributed by atoms with van der Waals surface area (Å²) in [7, 11) is 0. The molecule has 1 aromatic heterocycles. The van der Waals surface area contributed by atoms with E-state index in [1.807, 2.05) is 18.2 Å². The Morgan fingerprint density at radius 2 is 2.29 bits per heavy atom. The number of halogens is 1. The molecule has 88 valence electrons. The summed E-state index contributed by atoms with van der Waals surface area (Å²) < 4.78 is 7.11. The highest BCUT2D eigenvalue weighted by Crippen LogP contribution is 2.37. The molecule has 0 aliphatic carbocycles. The zero-order valence-corrected chi connectivity index (χ0v) is 11.8. The van der Waals surface area contributed by atoms with E-state index in [9.17, 15) is 0 Å². The van der Waals surface area contributed by atoms with Crippen LogP contribution in [0.2, 0.25) is 0 Å². The summed E-state index contributed by atoms with van der Waals surface area (Å²) in [5.41, 5.74) is 2.37. The number of hydrogen-bond donors (Lipinski definition) is 1. The van der Waals surface area contributed by atoms with E-state index in [0.717, 1.165) is 22.5 Å². The zero-order valence-electron chi connectivity index (χ0n) is 9.37. The molecule has 0 spiro atoms. The Labute approximate surface area is 113 Å². The monoisotopic (exact) mass is 309 g/mol. The SMILES string of the molecule is Cc1ccsc1C1CNc2cc(Br)ccc2O1. The first-order valence-electron chi connectivity index (χ1n) is 5.48. The minimum absolute atomic E-state index is 0.128. The van der Waals surface area contributed by atoms with Crippen LogP contribution in [0.5, 0.6) is 5.75 Å². The molecule has 17 heavy (non-hydrogen) atoms. The maximum atomic E-state index is 6.04. The molecule has 0 amide bonds. The van der Waals surface area contributed by atoms with E-state index >= 15 is 0 Å².